The maximum Gasteiger partial charge on any atom is 0.257 e. The minimum atomic E-state index is -0.233. The van der Waals surface area contributed by atoms with Crippen molar-refractivity contribution in [2.75, 3.05) is 5.32 Å². The van der Waals surface area contributed by atoms with E-state index in [1.165, 1.54) is 11.3 Å². The lowest BCUT2D eigenvalue weighted by Gasteiger charge is -2.05. The lowest BCUT2D eigenvalue weighted by molar-refractivity contribution is -0.120. The lowest BCUT2D eigenvalue weighted by Crippen LogP contribution is -2.26. The SMILES string of the molecule is CCn1c(CNC(=O)Cc2csc(NC(=O)c3ccccc3)n2)n[nH]c1=S. The van der Waals surface area contributed by atoms with Gasteiger partial charge in [0.2, 0.25) is 5.91 Å². The third-order valence-corrected chi connectivity index (χ3v) is 4.87. The highest BCUT2D eigenvalue weighted by Crippen LogP contribution is 2.17. The molecule has 27 heavy (non-hydrogen) atoms. The van der Waals surface area contributed by atoms with Crippen molar-refractivity contribution in [3.8, 4) is 0 Å². The van der Waals surface area contributed by atoms with E-state index in [9.17, 15) is 9.59 Å². The summed E-state index contributed by atoms with van der Waals surface area (Å²) >= 11 is 6.40. The number of amides is 2. The van der Waals surface area contributed by atoms with Gasteiger partial charge in [-0.3, -0.25) is 20.0 Å². The number of aromatic nitrogens is 4. The Labute approximate surface area is 164 Å². The summed E-state index contributed by atoms with van der Waals surface area (Å²) < 4.78 is 2.34. The molecule has 0 atom stereocenters. The summed E-state index contributed by atoms with van der Waals surface area (Å²) in [6.07, 6.45) is 0.120. The van der Waals surface area contributed by atoms with Crippen LogP contribution in [-0.4, -0.2) is 31.6 Å². The lowest BCUT2D eigenvalue weighted by atomic mass is 10.2. The van der Waals surface area contributed by atoms with E-state index in [1.807, 2.05) is 17.6 Å². The number of nitrogens with one attached hydrogen (secondary N) is 3. The summed E-state index contributed by atoms with van der Waals surface area (Å²) in [4.78, 5) is 28.6. The predicted octanol–water partition coefficient (Wildman–Crippen LogP) is 2.53. The van der Waals surface area contributed by atoms with Crippen molar-refractivity contribution in [1.29, 1.82) is 0 Å². The second kappa shape index (κ2) is 8.69. The molecule has 0 radical (unpaired) electrons. The first-order valence-corrected chi connectivity index (χ1v) is 9.57. The Bertz CT molecular complexity index is 992. The molecule has 0 fully saturated rings. The monoisotopic (exact) mass is 402 g/mol. The van der Waals surface area contributed by atoms with E-state index in [-0.39, 0.29) is 24.8 Å². The fourth-order valence-electron chi connectivity index (χ4n) is 2.42. The molecule has 3 aromatic rings. The molecule has 3 N–H and O–H groups in total. The molecule has 0 aliphatic rings. The second-order valence-electron chi connectivity index (χ2n) is 5.61. The highest BCUT2D eigenvalue weighted by Gasteiger charge is 2.12. The van der Waals surface area contributed by atoms with Gasteiger partial charge < -0.3 is 9.88 Å². The molecule has 0 aliphatic heterocycles. The highest BCUT2D eigenvalue weighted by atomic mass is 32.1. The molecule has 0 bridgehead atoms. The average Bonchev–Trinajstić information content (AvgIpc) is 3.26. The molecule has 10 heteroatoms. The number of aromatic amines is 1. The minimum absolute atomic E-state index is 0.120. The summed E-state index contributed by atoms with van der Waals surface area (Å²) in [5.74, 6) is 0.256. The van der Waals surface area contributed by atoms with E-state index in [4.69, 9.17) is 12.2 Å². The van der Waals surface area contributed by atoms with Gasteiger partial charge in [-0.1, -0.05) is 18.2 Å². The zero-order valence-electron chi connectivity index (χ0n) is 14.6. The first-order valence-electron chi connectivity index (χ1n) is 8.28. The van der Waals surface area contributed by atoms with E-state index in [0.29, 0.717) is 33.5 Å². The van der Waals surface area contributed by atoms with Crippen molar-refractivity contribution in [3.05, 3.63) is 57.6 Å². The smallest absolute Gasteiger partial charge is 0.257 e. The molecule has 3 rings (SSSR count). The summed E-state index contributed by atoms with van der Waals surface area (Å²) in [6, 6.07) is 8.88. The molecule has 0 unspecified atom stereocenters. The first-order chi connectivity index (χ1) is 13.1. The number of hydrogen-bond donors (Lipinski definition) is 3. The third-order valence-electron chi connectivity index (χ3n) is 3.75. The van der Waals surface area contributed by atoms with Crippen LogP contribution in [0, 0.1) is 4.77 Å². The average molecular weight is 403 g/mol. The molecule has 140 valence electrons. The van der Waals surface area contributed by atoms with Crippen molar-refractivity contribution in [3.63, 3.8) is 0 Å². The molecule has 2 heterocycles. The predicted molar refractivity (Wildman–Crippen MR) is 105 cm³/mol. The van der Waals surface area contributed by atoms with Crippen molar-refractivity contribution in [2.45, 2.75) is 26.4 Å². The topological polar surface area (TPSA) is 105 Å². The maximum absolute atomic E-state index is 12.1. The van der Waals surface area contributed by atoms with Gasteiger partial charge in [0.1, 0.15) is 0 Å². The van der Waals surface area contributed by atoms with Gasteiger partial charge in [0.15, 0.2) is 15.7 Å². The van der Waals surface area contributed by atoms with Crippen LogP contribution in [0.15, 0.2) is 35.7 Å². The molecule has 0 aliphatic carbocycles. The van der Waals surface area contributed by atoms with E-state index in [1.54, 1.807) is 29.6 Å². The fraction of sp³-hybridized carbons (Fsp3) is 0.235. The van der Waals surface area contributed by atoms with Crippen LogP contribution in [0.25, 0.3) is 0 Å². The van der Waals surface area contributed by atoms with Gasteiger partial charge in [-0.25, -0.2) is 4.98 Å². The van der Waals surface area contributed by atoms with E-state index >= 15 is 0 Å². The van der Waals surface area contributed by atoms with Crippen LogP contribution in [-0.2, 0) is 24.3 Å². The fourth-order valence-corrected chi connectivity index (χ4v) is 3.41. The van der Waals surface area contributed by atoms with E-state index < -0.39 is 0 Å². The van der Waals surface area contributed by atoms with Crippen LogP contribution < -0.4 is 10.6 Å². The Morgan fingerprint density at radius 3 is 2.81 bits per heavy atom. The van der Waals surface area contributed by atoms with Gasteiger partial charge >= 0.3 is 0 Å². The summed E-state index contributed by atoms with van der Waals surface area (Å²) in [6.45, 7) is 2.91. The molecule has 2 amide bonds. The molecule has 2 aromatic heterocycles. The van der Waals surface area contributed by atoms with Crippen LogP contribution in [0.5, 0.6) is 0 Å². The van der Waals surface area contributed by atoms with E-state index in [0.717, 1.165) is 0 Å². The quantitative estimate of drug-likeness (QED) is 0.527. The van der Waals surface area contributed by atoms with Crippen LogP contribution in [0.2, 0.25) is 0 Å². The van der Waals surface area contributed by atoms with E-state index in [2.05, 4.69) is 25.8 Å². The zero-order valence-corrected chi connectivity index (χ0v) is 16.2. The van der Waals surface area contributed by atoms with Gasteiger partial charge in [-0.2, -0.15) is 5.10 Å². The van der Waals surface area contributed by atoms with Crippen molar-refractivity contribution in [1.82, 2.24) is 25.1 Å². The van der Waals surface area contributed by atoms with Crippen molar-refractivity contribution < 1.29 is 9.59 Å². The van der Waals surface area contributed by atoms with Gasteiger partial charge in [-0.05, 0) is 31.3 Å². The standard InChI is InChI=1S/C17H18N6O2S2/c1-2-23-13(21-22-17(23)26)9-18-14(24)8-12-10-27-16(19-12)20-15(25)11-6-4-3-5-7-11/h3-7,10H,2,8-9H2,1H3,(H,18,24)(H,22,26)(H,19,20,25). The maximum atomic E-state index is 12.1. The number of nitrogens with zero attached hydrogens (tertiary/aromatic N) is 3. The largest absolute Gasteiger partial charge is 0.348 e. The molecular formula is C17H18N6O2S2. The number of carbonyl (C=O) groups is 2. The summed E-state index contributed by atoms with van der Waals surface area (Å²) in [5.41, 5.74) is 1.14. The number of hydrogen-bond acceptors (Lipinski definition) is 6. The van der Waals surface area contributed by atoms with Crippen molar-refractivity contribution >= 4 is 40.5 Å². The molecule has 1 aromatic carbocycles. The molecule has 0 saturated carbocycles. The van der Waals surface area contributed by atoms with Crippen LogP contribution in [0.4, 0.5) is 5.13 Å². The van der Waals surface area contributed by atoms with Crippen LogP contribution >= 0.6 is 23.6 Å². The van der Waals surface area contributed by atoms with Gasteiger partial charge in [0.05, 0.1) is 18.7 Å². The third kappa shape index (κ3) is 4.86. The number of rotatable bonds is 7. The summed E-state index contributed by atoms with van der Waals surface area (Å²) in [5, 5.41) is 14.6. The second-order valence-corrected chi connectivity index (χ2v) is 6.85. The molecule has 8 nitrogen and oxygen atoms in total. The van der Waals surface area contributed by atoms with Gasteiger partial charge in [0.25, 0.3) is 5.91 Å². The number of H-pyrrole nitrogens is 1. The number of carbonyl (C=O) groups excluding carboxylic acids is 2. The minimum Gasteiger partial charge on any atom is -0.348 e. The number of thiazole rings is 1. The highest BCUT2D eigenvalue weighted by molar-refractivity contribution is 7.71. The van der Waals surface area contributed by atoms with Crippen molar-refractivity contribution in [2.24, 2.45) is 0 Å². The molecule has 0 spiro atoms. The number of benzene rings is 1. The summed E-state index contributed by atoms with van der Waals surface area (Å²) in [7, 11) is 0. The number of anilines is 1. The Kier molecular flexibility index (Phi) is 6.09. The Morgan fingerprint density at radius 1 is 1.30 bits per heavy atom. The van der Waals surface area contributed by atoms with Gasteiger partial charge in [0, 0.05) is 17.5 Å². The first kappa shape index (κ1) is 18.9. The van der Waals surface area contributed by atoms with Crippen LogP contribution in [0.3, 0.4) is 0 Å². The normalized spacial score (nSPS) is 10.6. The Balaban J connectivity index is 1.53. The zero-order chi connectivity index (χ0) is 19.2. The van der Waals surface area contributed by atoms with Crippen LogP contribution in [0.1, 0.15) is 28.8 Å². The Hall–Kier alpha value is -2.85. The van der Waals surface area contributed by atoms with Gasteiger partial charge in [-0.15, -0.1) is 11.3 Å². The Morgan fingerprint density at radius 2 is 2.07 bits per heavy atom. The molecule has 0 saturated heterocycles. The molecular weight excluding hydrogens is 384 g/mol.